The Balaban J connectivity index is 1.50. The van der Waals surface area contributed by atoms with Gasteiger partial charge in [0.1, 0.15) is 23.8 Å². The number of hydrogen-bond acceptors (Lipinski definition) is 5. The van der Waals surface area contributed by atoms with Gasteiger partial charge >= 0.3 is 0 Å². The number of fused-ring (bicyclic) bond motifs is 2. The molecule has 1 N–H and O–H groups in total. The molecule has 0 unspecified atom stereocenters. The van der Waals surface area contributed by atoms with E-state index in [0.717, 1.165) is 54.3 Å². The van der Waals surface area contributed by atoms with Gasteiger partial charge in [0.15, 0.2) is 0 Å². The van der Waals surface area contributed by atoms with Gasteiger partial charge in [-0.25, -0.2) is 9.97 Å². The van der Waals surface area contributed by atoms with Crippen molar-refractivity contribution in [3.05, 3.63) is 42.2 Å². The van der Waals surface area contributed by atoms with E-state index in [0.29, 0.717) is 5.92 Å². The van der Waals surface area contributed by atoms with Gasteiger partial charge in [0.2, 0.25) is 0 Å². The van der Waals surface area contributed by atoms with Crippen molar-refractivity contribution in [1.82, 2.24) is 24.7 Å². The average Bonchev–Trinajstić information content (AvgIpc) is 2.94. The largest absolute Gasteiger partial charge is 0.369 e. The molecule has 6 heteroatoms. The fraction of sp³-hybridized carbons (Fsp3) is 0.375. The first kappa shape index (κ1) is 13.2. The highest BCUT2D eigenvalue weighted by Gasteiger charge is 2.21. The van der Waals surface area contributed by atoms with Crippen LogP contribution in [0.1, 0.15) is 18.1 Å². The standard InChI is InChI=1S/C16H18N6/c1-11-20-21-15-7-6-12(9-22(11)15)8-17-16-13-4-2-3-5-14(13)18-10-19-16/h2-5,10,12H,6-9H2,1H3,(H,17,18,19)/t12-/m0/s1. The van der Waals surface area contributed by atoms with Crippen molar-refractivity contribution in [1.29, 1.82) is 0 Å². The number of aromatic nitrogens is 5. The van der Waals surface area contributed by atoms with Gasteiger partial charge in [0.25, 0.3) is 0 Å². The number of aryl methyl sites for hydroxylation is 2. The van der Waals surface area contributed by atoms with Crippen LogP contribution < -0.4 is 5.32 Å². The number of para-hydroxylation sites is 1. The molecule has 0 radical (unpaired) electrons. The van der Waals surface area contributed by atoms with Gasteiger partial charge in [-0.2, -0.15) is 0 Å². The number of nitrogens with zero attached hydrogens (tertiary/aromatic N) is 5. The topological polar surface area (TPSA) is 68.5 Å². The maximum Gasteiger partial charge on any atom is 0.137 e. The Labute approximate surface area is 128 Å². The van der Waals surface area contributed by atoms with Crippen LogP contribution in [-0.2, 0) is 13.0 Å². The Morgan fingerprint density at radius 2 is 2.14 bits per heavy atom. The van der Waals surface area contributed by atoms with E-state index in [4.69, 9.17) is 0 Å². The molecular formula is C16H18N6. The van der Waals surface area contributed by atoms with Crippen molar-refractivity contribution in [3.63, 3.8) is 0 Å². The Kier molecular flexibility index (Phi) is 3.21. The molecule has 0 aliphatic carbocycles. The minimum absolute atomic E-state index is 0.566. The summed E-state index contributed by atoms with van der Waals surface area (Å²) in [5.74, 6) is 3.60. The van der Waals surface area contributed by atoms with Crippen molar-refractivity contribution in [2.24, 2.45) is 5.92 Å². The third-order valence-corrected chi connectivity index (χ3v) is 4.33. The van der Waals surface area contributed by atoms with Crippen molar-refractivity contribution in [2.75, 3.05) is 11.9 Å². The summed E-state index contributed by atoms with van der Waals surface area (Å²) in [7, 11) is 0. The molecule has 3 heterocycles. The van der Waals surface area contributed by atoms with Crippen LogP contribution in [-0.4, -0.2) is 31.3 Å². The van der Waals surface area contributed by atoms with E-state index in [1.165, 1.54) is 0 Å². The molecule has 0 spiro atoms. The summed E-state index contributed by atoms with van der Waals surface area (Å²) in [4.78, 5) is 8.69. The fourth-order valence-corrected chi connectivity index (χ4v) is 3.08. The lowest BCUT2D eigenvalue weighted by atomic mass is 9.99. The number of benzene rings is 1. The summed E-state index contributed by atoms with van der Waals surface area (Å²) in [6, 6.07) is 8.08. The van der Waals surface area contributed by atoms with E-state index in [9.17, 15) is 0 Å². The third-order valence-electron chi connectivity index (χ3n) is 4.33. The van der Waals surface area contributed by atoms with Gasteiger partial charge in [0.05, 0.1) is 5.52 Å². The molecule has 1 atom stereocenters. The number of hydrogen-bond donors (Lipinski definition) is 1. The first-order valence-corrected chi connectivity index (χ1v) is 7.63. The van der Waals surface area contributed by atoms with Crippen LogP contribution in [0.5, 0.6) is 0 Å². The smallest absolute Gasteiger partial charge is 0.137 e. The van der Waals surface area contributed by atoms with Crippen molar-refractivity contribution < 1.29 is 0 Å². The summed E-state index contributed by atoms with van der Waals surface area (Å²) in [6.07, 6.45) is 3.75. The number of rotatable bonds is 3. The molecule has 1 aromatic carbocycles. The first-order chi connectivity index (χ1) is 10.8. The summed E-state index contributed by atoms with van der Waals surface area (Å²) < 4.78 is 2.23. The van der Waals surface area contributed by atoms with E-state index in [-0.39, 0.29) is 0 Å². The zero-order valence-electron chi connectivity index (χ0n) is 12.5. The van der Waals surface area contributed by atoms with E-state index in [1.54, 1.807) is 6.33 Å². The SMILES string of the molecule is Cc1nnc2n1C[C@H](CNc1ncnc3ccccc13)CC2. The molecule has 0 amide bonds. The molecule has 22 heavy (non-hydrogen) atoms. The van der Waals surface area contributed by atoms with E-state index in [2.05, 4.69) is 36.1 Å². The highest BCUT2D eigenvalue weighted by molar-refractivity contribution is 5.88. The Morgan fingerprint density at radius 1 is 1.23 bits per heavy atom. The van der Waals surface area contributed by atoms with Crippen LogP contribution in [0, 0.1) is 12.8 Å². The molecule has 0 fully saturated rings. The summed E-state index contributed by atoms with van der Waals surface area (Å²) >= 11 is 0. The first-order valence-electron chi connectivity index (χ1n) is 7.63. The molecule has 2 aromatic heterocycles. The molecule has 112 valence electrons. The van der Waals surface area contributed by atoms with Gasteiger partial charge in [-0.1, -0.05) is 12.1 Å². The van der Waals surface area contributed by atoms with Gasteiger partial charge in [-0.3, -0.25) is 0 Å². The van der Waals surface area contributed by atoms with E-state index in [1.807, 2.05) is 25.1 Å². The second-order valence-corrected chi connectivity index (χ2v) is 5.80. The van der Waals surface area contributed by atoms with Crippen molar-refractivity contribution >= 4 is 16.7 Å². The molecule has 4 rings (SSSR count). The molecule has 0 saturated carbocycles. The van der Waals surface area contributed by atoms with Gasteiger partial charge in [-0.05, 0) is 31.4 Å². The maximum absolute atomic E-state index is 4.39. The lowest BCUT2D eigenvalue weighted by Gasteiger charge is -2.24. The lowest BCUT2D eigenvalue weighted by molar-refractivity contribution is 0.377. The number of nitrogens with one attached hydrogen (secondary N) is 1. The Bertz CT molecular complexity index is 804. The monoisotopic (exact) mass is 294 g/mol. The number of anilines is 1. The van der Waals surface area contributed by atoms with Crippen molar-refractivity contribution in [2.45, 2.75) is 26.3 Å². The summed E-state index contributed by atoms with van der Waals surface area (Å²) in [5.41, 5.74) is 0.973. The lowest BCUT2D eigenvalue weighted by Crippen LogP contribution is -2.27. The highest BCUT2D eigenvalue weighted by atomic mass is 15.3. The second-order valence-electron chi connectivity index (χ2n) is 5.80. The molecule has 6 nitrogen and oxygen atoms in total. The molecule has 1 aliphatic rings. The van der Waals surface area contributed by atoms with Crippen LogP contribution in [0.4, 0.5) is 5.82 Å². The van der Waals surface area contributed by atoms with Gasteiger partial charge in [-0.15, -0.1) is 10.2 Å². The second kappa shape index (κ2) is 5.36. The zero-order valence-corrected chi connectivity index (χ0v) is 12.5. The molecule has 0 saturated heterocycles. The molecule has 3 aromatic rings. The van der Waals surface area contributed by atoms with Gasteiger partial charge in [0, 0.05) is 24.9 Å². The van der Waals surface area contributed by atoms with Crippen LogP contribution in [0.25, 0.3) is 10.9 Å². The Hall–Kier alpha value is -2.50. The third kappa shape index (κ3) is 2.30. The zero-order chi connectivity index (χ0) is 14.9. The maximum atomic E-state index is 4.39. The Morgan fingerprint density at radius 3 is 3.09 bits per heavy atom. The minimum atomic E-state index is 0.566. The predicted molar refractivity (Wildman–Crippen MR) is 84.6 cm³/mol. The van der Waals surface area contributed by atoms with Crippen molar-refractivity contribution in [3.8, 4) is 0 Å². The molecular weight excluding hydrogens is 276 g/mol. The van der Waals surface area contributed by atoms with Crippen LogP contribution in [0.15, 0.2) is 30.6 Å². The average molecular weight is 294 g/mol. The molecule has 0 bridgehead atoms. The fourth-order valence-electron chi connectivity index (χ4n) is 3.08. The quantitative estimate of drug-likeness (QED) is 0.802. The van der Waals surface area contributed by atoms with E-state index >= 15 is 0 Å². The molecule has 1 aliphatic heterocycles. The minimum Gasteiger partial charge on any atom is -0.369 e. The predicted octanol–water partition coefficient (Wildman–Crippen LogP) is 2.20. The van der Waals surface area contributed by atoms with Crippen LogP contribution in [0.2, 0.25) is 0 Å². The summed E-state index contributed by atoms with van der Waals surface area (Å²) in [5, 5.41) is 13.0. The normalized spacial score (nSPS) is 17.4. The van der Waals surface area contributed by atoms with E-state index < -0.39 is 0 Å². The van der Waals surface area contributed by atoms with Crippen LogP contribution in [0.3, 0.4) is 0 Å². The summed E-state index contributed by atoms with van der Waals surface area (Å²) in [6.45, 7) is 3.90. The highest BCUT2D eigenvalue weighted by Crippen LogP contribution is 2.22. The van der Waals surface area contributed by atoms with Gasteiger partial charge < -0.3 is 9.88 Å². The van der Waals surface area contributed by atoms with Crippen LogP contribution >= 0.6 is 0 Å².